The zero-order valence-electron chi connectivity index (χ0n) is 15.9. The van der Waals surface area contributed by atoms with Crippen LogP contribution in [0.1, 0.15) is 51.1 Å². The number of carbonyl (C=O) groups excluding carboxylic acids is 1. The highest BCUT2D eigenvalue weighted by Crippen LogP contribution is 2.19. The number of aromatic nitrogens is 3. The molecule has 0 atom stereocenters. The van der Waals surface area contributed by atoms with Crippen molar-refractivity contribution in [2.45, 2.75) is 51.5 Å². The van der Waals surface area contributed by atoms with Gasteiger partial charge in [-0.05, 0) is 31.4 Å². The number of amides is 2. The van der Waals surface area contributed by atoms with Crippen LogP contribution in [0.2, 0.25) is 0 Å². The quantitative estimate of drug-likeness (QED) is 0.728. The number of hydrogen-bond donors (Lipinski definition) is 2. The monoisotopic (exact) mass is 365 g/mol. The Morgan fingerprint density at radius 1 is 1.33 bits per heavy atom. The van der Waals surface area contributed by atoms with Gasteiger partial charge in [-0.15, -0.1) is 0 Å². The van der Waals surface area contributed by atoms with E-state index in [1.807, 2.05) is 18.2 Å². The van der Waals surface area contributed by atoms with Crippen molar-refractivity contribution in [3.8, 4) is 0 Å². The average Bonchev–Trinajstić information content (AvgIpc) is 3.07. The number of anilines is 1. The van der Waals surface area contributed by atoms with Crippen molar-refractivity contribution in [3.63, 3.8) is 0 Å². The van der Waals surface area contributed by atoms with Crippen LogP contribution in [0.5, 0.6) is 0 Å². The van der Waals surface area contributed by atoms with Crippen LogP contribution in [0.25, 0.3) is 11.2 Å². The molecule has 27 heavy (non-hydrogen) atoms. The molecule has 1 aliphatic rings. The lowest BCUT2D eigenvalue weighted by Crippen LogP contribution is -2.39. The summed E-state index contributed by atoms with van der Waals surface area (Å²) in [6.07, 6.45) is 12.0. The highest BCUT2D eigenvalue weighted by Gasteiger charge is 2.16. The smallest absolute Gasteiger partial charge is 0.320 e. The molecule has 1 aliphatic carbocycles. The van der Waals surface area contributed by atoms with E-state index in [0.717, 1.165) is 36.1 Å². The number of fused-ring (bicyclic) bond motifs is 1. The first-order valence-corrected chi connectivity index (χ1v) is 9.55. The summed E-state index contributed by atoms with van der Waals surface area (Å²) in [5, 5.41) is 10.4. The van der Waals surface area contributed by atoms with Crippen LogP contribution in [0, 0.1) is 0 Å². The van der Waals surface area contributed by atoms with Crippen LogP contribution in [-0.2, 0) is 0 Å². The van der Waals surface area contributed by atoms with Gasteiger partial charge in [-0.25, -0.2) is 14.3 Å². The zero-order valence-corrected chi connectivity index (χ0v) is 15.9. The summed E-state index contributed by atoms with van der Waals surface area (Å²) in [7, 11) is 0. The van der Waals surface area contributed by atoms with E-state index < -0.39 is 0 Å². The topological polar surface area (TPSA) is 71.3 Å². The molecule has 0 aliphatic heterocycles. The average molecular weight is 365 g/mol. The fourth-order valence-electron chi connectivity index (χ4n) is 3.24. The molecule has 2 heterocycles. The Morgan fingerprint density at radius 3 is 2.81 bits per heavy atom. The second-order valence-corrected chi connectivity index (χ2v) is 6.90. The summed E-state index contributed by atoms with van der Waals surface area (Å²) in [6, 6.07) is 3.81. The predicted octanol–water partition coefficient (Wildman–Crippen LogP) is 4.72. The SMILES string of the molecule is C=C/C(=C\C(=C)CC)c1ccc2nc(NC(=O)NC3CCCCC3)cn2n1. The van der Waals surface area contributed by atoms with Gasteiger partial charge in [-0.2, -0.15) is 5.10 Å². The Hall–Kier alpha value is -2.89. The first-order chi connectivity index (χ1) is 13.1. The normalized spacial score (nSPS) is 15.5. The van der Waals surface area contributed by atoms with E-state index in [2.05, 4.69) is 40.8 Å². The van der Waals surface area contributed by atoms with Gasteiger partial charge in [0.15, 0.2) is 11.5 Å². The third kappa shape index (κ3) is 4.84. The molecule has 1 saturated carbocycles. The summed E-state index contributed by atoms with van der Waals surface area (Å²) in [4.78, 5) is 16.6. The van der Waals surface area contributed by atoms with Crippen LogP contribution >= 0.6 is 0 Å². The Labute approximate surface area is 160 Å². The Kier molecular flexibility index (Phi) is 6.06. The number of hydrogen-bond acceptors (Lipinski definition) is 3. The Morgan fingerprint density at radius 2 is 2.11 bits per heavy atom. The van der Waals surface area contributed by atoms with Gasteiger partial charge in [-0.1, -0.05) is 57.1 Å². The molecule has 0 saturated heterocycles. The van der Waals surface area contributed by atoms with Crippen molar-refractivity contribution in [1.29, 1.82) is 0 Å². The minimum atomic E-state index is -0.212. The summed E-state index contributed by atoms with van der Waals surface area (Å²) >= 11 is 0. The van der Waals surface area contributed by atoms with Gasteiger partial charge in [-0.3, -0.25) is 5.32 Å². The largest absolute Gasteiger partial charge is 0.335 e. The molecule has 2 aromatic heterocycles. The minimum absolute atomic E-state index is 0.212. The second kappa shape index (κ2) is 8.66. The maximum atomic E-state index is 12.2. The van der Waals surface area contributed by atoms with Crippen molar-refractivity contribution in [2.24, 2.45) is 0 Å². The lowest BCUT2D eigenvalue weighted by atomic mass is 9.96. The summed E-state index contributed by atoms with van der Waals surface area (Å²) in [6.45, 7) is 9.93. The minimum Gasteiger partial charge on any atom is -0.335 e. The third-order valence-corrected chi connectivity index (χ3v) is 4.83. The molecule has 0 aromatic carbocycles. The number of urea groups is 1. The summed E-state index contributed by atoms with van der Waals surface area (Å²) in [5.74, 6) is 0.482. The van der Waals surface area contributed by atoms with Crippen molar-refractivity contribution < 1.29 is 4.79 Å². The molecule has 2 amide bonds. The molecule has 1 fully saturated rings. The molecule has 142 valence electrons. The molecule has 0 bridgehead atoms. The Bertz CT molecular complexity index is 874. The van der Waals surface area contributed by atoms with Gasteiger partial charge < -0.3 is 5.32 Å². The molecule has 2 aromatic rings. The number of carbonyl (C=O) groups is 1. The number of rotatable bonds is 6. The van der Waals surface area contributed by atoms with E-state index >= 15 is 0 Å². The van der Waals surface area contributed by atoms with E-state index in [4.69, 9.17) is 0 Å². The zero-order chi connectivity index (χ0) is 19.2. The van der Waals surface area contributed by atoms with Crippen molar-refractivity contribution in [2.75, 3.05) is 5.32 Å². The van der Waals surface area contributed by atoms with Gasteiger partial charge in [0, 0.05) is 11.6 Å². The first-order valence-electron chi connectivity index (χ1n) is 9.55. The highest BCUT2D eigenvalue weighted by atomic mass is 16.2. The molecule has 3 rings (SSSR count). The van der Waals surface area contributed by atoms with Gasteiger partial charge in [0.1, 0.15) is 0 Å². The number of nitrogens with zero attached hydrogens (tertiary/aromatic N) is 3. The molecular weight excluding hydrogens is 338 g/mol. The fourth-order valence-corrected chi connectivity index (χ4v) is 3.24. The molecule has 0 spiro atoms. The molecule has 2 N–H and O–H groups in total. The lowest BCUT2D eigenvalue weighted by Gasteiger charge is -2.22. The van der Waals surface area contributed by atoms with Crippen LogP contribution in [-0.4, -0.2) is 26.7 Å². The van der Waals surface area contributed by atoms with E-state index in [1.54, 1.807) is 16.8 Å². The van der Waals surface area contributed by atoms with Gasteiger partial charge >= 0.3 is 6.03 Å². The van der Waals surface area contributed by atoms with E-state index in [0.29, 0.717) is 11.5 Å². The molecule has 0 radical (unpaired) electrons. The van der Waals surface area contributed by atoms with Crippen molar-refractivity contribution in [3.05, 3.63) is 54.9 Å². The molecular formula is C21H27N5O. The van der Waals surface area contributed by atoms with E-state index in [1.165, 1.54) is 19.3 Å². The van der Waals surface area contributed by atoms with Gasteiger partial charge in [0.25, 0.3) is 0 Å². The van der Waals surface area contributed by atoms with Crippen LogP contribution < -0.4 is 10.6 Å². The van der Waals surface area contributed by atoms with Gasteiger partial charge in [0.2, 0.25) is 0 Å². The lowest BCUT2D eigenvalue weighted by molar-refractivity contribution is 0.244. The number of nitrogens with one attached hydrogen (secondary N) is 2. The van der Waals surface area contributed by atoms with Gasteiger partial charge in [0.05, 0.1) is 11.9 Å². The second-order valence-electron chi connectivity index (χ2n) is 6.90. The third-order valence-electron chi connectivity index (χ3n) is 4.83. The Balaban J connectivity index is 1.73. The first kappa shape index (κ1) is 18.9. The van der Waals surface area contributed by atoms with Crippen molar-refractivity contribution in [1.82, 2.24) is 19.9 Å². The number of allylic oxidation sites excluding steroid dienone is 4. The molecule has 6 nitrogen and oxygen atoms in total. The fraction of sp³-hybridized carbons (Fsp3) is 0.381. The van der Waals surface area contributed by atoms with Crippen LogP contribution in [0.4, 0.5) is 10.6 Å². The molecule has 0 unspecified atom stereocenters. The van der Waals surface area contributed by atoms with Crippen LogP contribution in [0.3, 0.4) is 0 Å². The van der Waals surface area contributed by atoms with E-state index in [9.17, 15) is 4.79 Å². The number of imidazole rings is 1. The molecule has 6 heteroatoms. The van der Waals surface area contributed by atoms with E-state index in [-0.39, 0.29) is 12.1 Å². The van der Waals surface area contributed by atoms with Crippen LogP contribution in [0.15, 0.2) is 49.2 Å². The highest BCUT2D eigenvalue weighted by molar-refractivity contribution is 5.88. The summed E-state index contributed by atoms with van der Waals surface area (Å²) in [5.41, 5.74) is 3.37. The predicted molar refractivity (Wildman–Crippen MR) is 110 cm³/mol. The summed E-state index contributed by atoms with van der Waals surface area (Å²) < 4.78 is 1.66. The maximum Gasteiger partial charge on any atom is 0.320 e. The van der Waals surface area contributed by atoms with Crippen molar-refractivity contribution >= 4 is 23.1 Å². The maximum absolute atomic E-state index is 12.2. The standard InChI is InChI=1S/C21H27N5O/c1-4-15(3)13-16(5-2)18-11-12-20-23-19(14-26(20)25-18)24-21(27)22-17-9-7-6-8-10-17/h5,11-14,17H,2-4,6-10H2,1H3,(H2,22,24,27)/b16-13+.